The molecule has 13 heteroatoms. The Morgan fingerprint density at radius 1 is 1.22 bits per heavy atom. The van der Waals surface area contributed by atoms with Crippen LogP contribution >= 0.6 is 0 Å². The molecule has 0 unspecified atom stereocenters. The molecular formula is C14H13N7O6. The van der Waals surface area contributed by atoms with E-state index in [9.17, 15) is 20.2 Å². The molecule has 3 heterocycles. The molecule has 0 radical (unpaired) electrons. The van der Waals surface area contributed by atoms with E-state index in [-0.39, 0.29) is 17.8 Å². The fourth-order valence-electron chi connectivity index (χ4n) is 2.90. The lowest BCUT2D eigenvalue weighted by Crippen LogP contribution is -2.37. The van der Waals surface area contributed by atoms with Crippen LogP contribution in [0.2, 0.25) is 0 Å². The fourth-order valence-corrected chi connectivity index (χ4v) is 2.90. The lowest BCUT2D eigenvalue weighted by atomic mass is 10.0. The van der Waals surface area contributed by atoms with Gasteiger partial charge in [0.05, 0.1) is 22.9 Å². The first-order valence-corrected chi connectivity index (χ1v) is 7.91. The summed E-state index contributed by atoms with van der Waals surface area (Å²) in [6, 6.07) is 5.44. The number of aromatic nitrogens is 3. The molecule has 140 valence electrons. The van der Waals surface area contributed by atoms with Crippen LogP contribution in [-0.2, 0) is 9.47 Å². The number of benzene rings is 1. The molecule has 2 saturated heterocycles. The summed E-state index contributed by atoms with van der Waals surface area (Å²) < 4.78 is 12.7. The third kappa shape index (κ3) is 3.32. The molecule has 2 aliphatic heterocycles. The number of ether oxygens (including phenoxy) is 2. The molecule has 3 atom stereocenters. The third-order valence-electron chi connectivity index (χ3n) is 4.24. The Kier molecular flexibility index (Phi) is 4.21. The van der Waals surface area contributed by atoms with Crippen LogP contribution in [-0.4, -0.2) is 49.3 Å². The van der Waals surface area contributed by atoms with Gasteiger partial charge in [0, 0.05) is 23.7 Å². The lowest BCUT2D eigenvalue weighted by Gasteiger charge is -2.26. The number of anilines is 1. The molecule has 0 saturated carbocycles. The van der Waals surface area contributed by atoms with E-state index in [4.69, 9.17) is 9.47 Å². The van der Waals surface area contributed by atoms with Crippen LogP contribution in [0.1, 0.15) is 12.5 Å². The van der Waals surface area contributed by atoms with Gasteiger partial charge in [0.25, 0.3) is 5.69 Å². The van der Waals surface area contributed by atoms with E-state index < -0.39 is 22.1 Å². The molecule has 2 bridgehead atoms. The maximum atomic E-state index is 10.8. The zero-order valence-electron chi connectivity index (χ0n) is 13.7. The van der Waals surface area contributed by atoms with Crippen LogP contribution in [0.4, 0.5) is 17.3 Å². The van der Waals surface area contributed by atoms with Crippen LogP contribution in [0.25, 0.3) is 0 Å². The topological polar surface area (TPSA) is 160 Å². The standard InChI is InChI=1S/C14H13N7O6/c22-20(23)9-3-1-8(2-4-9)16-17-10-5-11(12-6-26-13(10)27-12)19-7-15-14(18-19)21(24)25/h1-4,7,11-13,16H,5-6H2/b17-10+/t11-,12-,13+/m1/s1. The van der Waals surface area contributed by atoms with Crippen LogP contribution in [0.15, 0.2) is 35.7 Å². The van der Waals surface area contributed by atoms with Gasteiger partial charge < -0.3 is 19.6 Å². The average molecular weight is 375 g/mol. The van der Waals surface area contributed by atoms with Crippen molar-refractivity contribution in [1.29, 1.82) is 0 Å². The highest BCUT2D eigenvalue weighted by Gasteiger charge is 2.44. The number of hydrogen-bond acceptors (Lipinski definition) is 10. The number of hydrogen-bond donors (Lipinski definition) is 1. The van der Waals surface area contributed by atoms with E-state index in [0.717, 1.165) is 0 Å². The summed E-state index contributed by atoms with van der Waals surface area (Å²) in [6.07, 6.45) is 0.757. The van der Waals surface area contributed by atoms with Crippen molar-refractivity contribution in [3.8, 4) is 0 Å². The van der Waals surface area contributed by atoms with Gasteiger partial charge in [-0.1, -0.05) is 4.98 Å². The summed E-state index contributed by atoms with van der Waals surface area (Å²) in [6.45, 7) is 0.305. The first-order chi connectivity index (χ1) is 13.0. The molecule has 1 aromatic carbocycles. The van der Waals surface area contributed by atoms with Crippen LogP contribution in [0.5, 0.6) is 0 Å². The Balaban J connectivity index is 1.51. The second-order valence-electron chi connectivity index (χ2n) is 5.91. The summed E-state index contributed by atoms with van der Waals surface area (Å²) in [7, 11) is 0. The van der Waals surface area contributed by atoms with Gasteiger partial charge in [-0.2, -0.15) is 9.78 Å². The Morgan fingerprint density at radius 2 is 2.00 bits per heavy atom. The first kappa shape index (κ1) is 17.0. The number of nitrogens with zero attached hydrogens (tertiary/aromatic N) is 6. The second-order valence-corrected chi connectivity index (χ2v) is 5.91. The van der Waals surface area contributed by atoms with Gasteiger partial charge in [0.2, 0.25) is 6.33 Å². The number of nitro benzene ring substituents is 1. The molecule has 2 aliphatic rings. The largest absolute Gasteiger partial charge is 0.490 e. The molecule has 0 aliphatic carbocycles. The van der Waals surface area contributed by atoms with Gasteiger partial charge in [0.1, 0.15) is 12.1 Å². The van der Waals surface area contributed by atoms with E-state index in [1.165, 1.54) is 35.3 Å². The zero-order valence-corrected chi connectivity index (χ0v) is 13.7. The lowest BCUT2D eigenvalue weighted by molar-refractivity contribution is -0.394. The second kappa shape index (κ2) is 6.69. The number of non-ortho nitro benzene ring substituents is 1. The van der Waals surface area contributed by atoms with E-state index in [0.29, 0.717) is 24.4 Å². The third-order valence-corrected chi connectivity index (χ3v) is 4.24. The van der Waals surface area contributed by atoms with Crippen molar-refractivity contribution >= 4 is 23.0 Å². The summed E-state index contributed by atoms with van der Waals surface area (Å²) in [5.74, 6) is -0.487. The van der Waals surface area contributed by atoms with E-state index in [1.807, 2.05) is 0 Å². The number of fused-ring (bicyclic) bond motifs is 2. The van der Waals surface area contributed by atoms with Crippen molar-refractivity contribution < 1.29 is 19.3 Å². The minimum absolute atomic E-state index is 0.0241. The van der Waals surface area contributed by atoms with Gasteiger partial charge in [-0.15, -0.1) is 0 Å². The van der Waals surface area contributed by atoms with Crippen molar-refractivity contribution in [2.75, 3.05) is 12.0 Å². The maximum Gasteiger partial charge on any atom is 0.490 e. The molecule has 0 spiro atoms. The van der Waals surface area contributed by atoms with Crippen molar-refractivity contribution in [3.05, 3.63) is 50.8 Å². The van der Waals surface area contributed by atoms with E-state index in [2.05, 4.69) is 20.6 Å². The number of nitro groups is 2. The molecule has 27 heavy (non-hydrogen) atoms. The van der Waals surface area contributed by atoms with Crippen LogP contribution in [0, 0.1) is 20.2 Å². The fraction of sp³-hybridized carbons (Fsp3) is 0.357. The molecule has 13 nitrogen and oxygen atoms in total. The van der Waals surface area contributed by atoms with Gasteiger partial charge in [-0.25, -0.2) is 0 Å². The Labute approximate surface area is 150 Å². The number of hydrazone groups is 1. The molecule has 1 aromatic heterocycles. The van der Waals surface area contributed by atoms with E-state index in [1.54, 1.807) is 0 Å². The number of rotatable bonds is 5. The summed E-state index contributed by atoms with van der Waals surface area (Å²) in [4.78, 5) is 24.0. The molecule has 4 rings (SSSR count). The maximum absolute atomic E-state index is 10.8. The predicted octanol–water partition coefficient (Wildman–Crippen LogP) is 1.25. The summed E-state index contributed by atoms with van der Waals surface area (Å²) in [5.41, 5.74) is 3.89. The zero-order chi connectivity index (χ0) is 19.0. The van der Waals surface area contributed by atoms with Crippen LogP contribution in [0.3, 0.4) is 0 Å². The smallest absolute Gasteiger partial charge is 0.390 e. The van der Waals surface area contributed by atoms with Crippen LogP contribution < -0.4 is 5.43 Å². The first-order valence-electron chi connectivity index (χ1n) is 7.91. The van der Waals surface area contributed by atoms with Gasteiger partial charge in [0.15, 0.2) is 6.29 Å². The van der Waals surface area contributed by atoms with Gasteiger partial charge in [-0.05, 0) is 17.1 Å². The van der Waals surface area contributed by atoms with Gasteiger partial charge in [-0.3, -0.25) is 15.5 Å². The van der Waals surface area contributed by atoms with E-state index >= 15 is 0 Å². The Hall–Kier alpha value is -3.45. The highest BCUT2D eigenvalue weighted by Crippen LogP contribution is 2.33. The highest BCUT2D eigenvalue weighted by atomic mass is 16.7. The average Bonchev–Trinajstić information content (AvgIpc) is 3.30. The Bertz CT molecular complexity index is 911. The highest BCUT2D eigenvalue weighted by molar-refractivity contribution is 5.89. The summed E-state index contributed by atoms with van der Waals surface area (Å²) in [5, 5.41) is 29.6. The quantitative estimate of drug-likeness (QED) is 0.599. The molecule has 2 fully saturated rings. The van der Waals surface area contributed by atoms with Crippen molar-refractivity contribution in [2.24, 2.45) is 5.10 Å². The molecular weight excluding hydrogens is 362 g/mol. The van der Waals surface area contributed by atoms with Crippen molar-refractivity contribution in [1.82, 2.24) is 14.8 Å². The SMILES string of the molecule is O=[N+]([O-])c1ccc(N/N=C2\C[C@@H](n3cnc([N+](=O)[O-])n3)[C@H]3CO[C@H]2O3)cc1. The van der Waals surface area contributed by atoms with Crippen molar-refractivity contribution in [3.63, 3.8) is 0 Å². The molecule has 0 amide bonds. The summed E-state index contributed by atoms with van der Waals surface area (Å²) >= 11 is 0. The Morgan fingerprint density at radius 3 is 2.67 bits per heavy atom. The molecule has 2 aromatic rings. The minimum atomic E-state index is -0.667. The monoisotopic (exact) mass is 375 g/mol. The molecule has 1 N–H and O–H groups in total. The minimum Gasteiger partial charge on any atom is -0.390 e. The van der Waals surface area contributed by atoms with Gasteiger partial charge >= 0.3 is 5.95 Å². The number of nitrogens with one attached hydrogen (secondary N) is 1. The predicted molar refractivity (Wildman–Crippen MR) is 89.1 cm³/mol. The van der Waals surface area contributed by atoms with Crippen molar-refractivity contribution in [2.45, 2.75) is 24.9 Å². The normalized spacial score (nSPS) is 25.5.